The topological polar surface area (TPSA) is 55.1 Å². The first-order valence-electron chi connectivity index (χ1n) is 3.61. The molecule has 1 atom stereocenters. The molecule has 1 aliphatic heterocycles. The highest BCUT2D eigenvalue weighted by molar-refractivity contribution is 9.10. The summed E-state index contributed by atoms with van der Waals surface area (Å²) in [7, 11) is 0. The molecule has 0 saturated heterocycles. The van der Waals surface area contributed by atoms with Gasteiger partial charge in [0.1, 0.15) is 0 Å². The largest absolute Gasteiger partial charge is 0.481 e. The number of aliphatic carboxylic acids is 1. The van der Waals surface area contributed by atoms with Gasteiger partial charge in [0.2, 0.25) is 0 Å². The number of carboxylic acid groups (broad SMARTS) is 1. The summed E-state index contributed by atoms with van der Waals surface area (Å²) in [5.74, 6) is -1.04. The van der Waals surface area contributed by atoms with E-state index in [-0.39, 0.29) is 5.92 Å². The summed E-state index contributed by atoms with van der Waals surface area (Å²) in [5, 5.41) is 12.8. The molecule has 12 heavy (non-hydrogen) atoms. The zero-order valence-electron chi connectivity index (χ0n) is 6.20. The highest BCUT2D eigenvalue weighted by Gasteiger charge is 2.29. The molecule has 2 rings (SSSR count). The van der Waals surface area contributed by atoms with E-state index in [1.54, 1.807) is 10.9 Å². The van der Waals surface area contributed by atoms with Gasteiger partial charge in [-0.15, -0.1) is 0 Å². The monoisotopic (exact) mass is 230 g/mol. The predicted octanol–water partition coefficient (Wildman–Crippen LogP) is 0.902. The first-order valence-corrected chi connectivity index (χ1v) is 4.41. The molecule has 2 heterocycles. The van der Waals surface area contributed by atoms with Crippen LogP contribution >= 0.6 is 15.9 Å². The molecule has 4 nitrogen and oxygen atoms in total. The number of rotatable bonds is 1. The van der Waals surface area contributed by atoms with Crippen LogP contribution in [-0.2, 0) is 17.8 Å². The van der Waals surface area contributed by atoms with Crippen LogP contribution in [0, 0.1) is 5.92 Å². The summed E-state index contributed by atoms with van der Waals surface area (Å²) in [6.07, 6.45) is 2.28. The Bertz CT molecular complexity index is 334. The molecule has 0 aliphatic carbocycles. The first kappa shape index (κ1) is 7.79. The zero-order valence-corrected chi connectivity index (χ0v) is 7.78. The summed E-state index contributed by atoms with van der Waals surface area (Å²) in [6, 6.07) is 0. The van der Waals surface area contributed by atoms with Gasteiger partial charge in [-0.3, -0.25) is 9.48 Å². The van der Waals surface area contributed by atoms with Crippen molar-refractivity contribution < 1.29 is 9.90 Å². The minimum absolute atomic E-state index is 0.301. The Hall–Kier alpha value is -0.840. The van der Waals surface area contributed by atoms with Gasteiger partial charge in [-0.1, -0.05) is 0 Å². The molecule has 0 bridgehead atoms. The van der Waals surface area contributed by atoms with Gasteiger partial charge in [0.25, 0.3) is 0 Å². The number of carboxylic acids is 1. The second kappa shape index (κ2) is 2.58. The molecule has 0 fully saturated rings. The van der Waals surface area contributed by atoms with Crippen molar-refractivity contribution in [2.45, 2.75) is 13.0 Å². The van der Waals surface area contributed by atoms with Crippen molar-refractivity contribution in [2.75, 3.05) is 0 Å². The van der Waals surface area contributed by atoms with Gasteiger partial charge in [0, 0.05) is 6.42 Å². The molecule has 0 spiro atoms. The Morgan fingerprint density at radius 2 is 2.58 bits per heavy atom. The second-order valence-corrected chi connectivity index (χ2v) is 3.71. The number of carbonyl (C=O) groups is 1. The number of halogens is 1. The van der Waals surface area contributed by atoms with Gasteiger partial charge in [0.05, 0.1) is 28.8 Å². The Kier molecular flexibility index (Phi) is 1.68. The van der Waals surface area contributed by atoms with Gasteiger partial charge in [-0.2, -0.15) is 5.10 Å². The number of hydrogen-bond acceptors (Lipinski definition) is 2. The standard InChI is InChI=1S/C7H7BrN2O2/c8-5-2-9-10-3-4(7(11)12)1-6(5)10/h2,4H,1,3H2,(H,11,12). The summed E-state index contributed by atoms with van der Waals surface area (Å²) in [6.45, 7) is 0.496. The van der Waals surface area contributed by atoms with E-state index in [0.29, 0.717) is 13.0 Å². The maximum atomic E-state index is 10.6. The first-order chi connectivity index (χ1) is 5.68. The van der Waals surface area contributed by atoms with Gasteiger partial charge in [0.15, 0.2) is 0 Å². The molecule has 1 aliphatic rings. The van der Waals surface area contributed by atoms with Gasteiger partial charge in [-0.25, -0.2) is 0 Å². The van der Waals surface area contributed by atoms with E-state index in [4.69, 9.17) is 5.11 Å². The van der Waals surface area contributed by atoms with Gasteiger partial charge >= 0.3 is 5.97 Å². The molecular formula is C7H7BrN2O2. The number of fused-ring (bicyclic) bond motifs is 1. The lowest BCUT2D eigenvalue weighted by molar-refractivity contribution is -0.141. The predicted molar refractivity (Wildman–Crippen MR) is 44.8 cm³/mol. The third-order valence-electron chi connectivity index (χ3n) is 2.08. The van der Waals surface area contributed by atoms with Crippen molar-refractivity contribution in [1.82, 2.24) is 9.78 Å². The van der Waals surface area contributed by atoms with Crippen LogP contribution in [0.5, 0.6) is 0 Å². The van der Waals surface area contributed by atoms with E-state index in [9.17, 15) is 4.79 Å². The van der Waals surface area contributed by atoms with Crippen LogP contribution in [0.25, 0.3) is 0 Å². The van der Waals surface area contributed by atoms with E-state index >= 15 is 0 Å². The quantitative estimate of drug-likeness (QED) is 0.781. The Morgan fingerprint density at radius 3 is 3.17 bits per heavy atom. The van der Waals surface area contributed by atoms with E-state index < -0.39 is 5.97 Å². The number of hydrogen-bond donors (Lipinski definition) is 1. The summed E-state index contributed by atoms with van der Waals surface area (Å²) < 4.78 is 2.65. The molecule has 0 aromatic carbocycles. The molecule has 1 N–H and O–H groups in total. The number of aromatic nitrogens is 2. The van der Waals surface area contributed by atoms with Gasteiger partial charge in [-0.05, 0) is 15.9 Å². The lowest BCUT2D eigenvalue weighted by Crippen LogP contribution is -2.14. The normalized spacial score (nSPS) is 20.9. The maximum absolute atomic E-state index is 10.6. The summed E-state index contributed by atoms with van der Waals surface area (Å²) in [4.78, 5) is 10.6. The average molecular weight is 231 g/mol. The fourth-order valence-corrected chi connectivity index (χ4v) is 1.88. The van der Waals surface area contributed by atoms with Crippen LogP contribution in [0.2, 0.25) is 0 Å². The van der Waals surface area contributed by atoms with Crippen molar-refractivity contribution in [2.24, 2.45) is 5.92 Å². The van der Waals surface area contributed by atoms with Crippen molar-refractivity contribution in [3.63, 3.8) is 0 Å². The van der Waals surface area contributed by atoms with Crippen LogP contribution in [0.3, 0.4) is 0 Å². The van der Waals surface area contributed by atoms with E-state index in [0.717, 1.165) is 10.2 Å². The van der Waals surface area contributed by atoms with Crippen LogP contribution in [0.1, 0.15) is 5.69 Å². The fraction of sp³-hybridized carbons (Fsp3) is 0.429. The molecule has 0 radical (unpaired) electrons. The van der Waals surface area contributed by atoms with Crippen molar-refractivity contribution in [1.29, 1.82) is 0 Å². The van der Waals surface area contributed by atoms with E-state index in [1.165, 1.54) is 0 Å². The maximum Gasteiger partial charge on any atom is 0.308 e. The summed E-state index contributed by atoms with van der Waals surface area (Å²) in [5.41, 5.74) is 0.988. The van der Waals surface area contributed by atoms with Crippen LogP contribution in [-0.4, -0.2) is 20.9 Å². The Labute approximate surface area is 77.3 Å². The SMILES string of the molecule is O=C(O)C1Cc2c(Br)cnn2C1. The highest BCUT2D eigenvalue weighted by Crippen LogP contribution is 2.26. The third kappa shape index (κ3) is 1.04. The van der Waals surface area contributed by atoms with Crippen LogP contribution in [0.4, 0.5) is 0 Å². The van der Waals surface area contributed by atoms with Crippen molar-refractivity contribution in [3.05, 3.63) is 16.4 Å². The third-order valence-corrected chi connectivity index (χ3v) is 2.74. The van der Waals surface area contributed by atoms with Crippen LogP contribution in [0.15, 0.2) is 10.7 Å². The second-order valence-electron chi connectivity index (χ2n) is 2.86. The number of nitrogens with zero attached hydrogens (tertiary/aromatic N) is 2. The molecule has 1 unspecified atom stereocenters. The Morgan fingerprint density at radius 1 is 1.83 bits per heavy atom. The highest BCUT2D eigenvalue weighted by atomic mass is 79.9. The average Bonchev–Trinajstić information content (AvgIpc) is 2.53. The molecule has 0 amide bonds. The molecular weight excluding hydrogens is 224 g/mol. The summed E-state index contributed by atoms with van der Waals surface area (Å²) >= 11 is 3.32. The molecule has 5 heteroatoms. The lowest BCUT2D eigenvalue weighted by atomic mass is 10.1. The van der Waals surface area contributed by atoms with Crippen molar-refractivity contribution >= 4 is 21.9 Å². The van der Waals surface area contributed by atoms with E-state index in [1.807, 2.05) is 0 Å². The fourth-order valence-electron chi connectivity index (χ4n) is 1.42. The minimum Gasteiger partial charge on any atom is -0.481 e. The zero-order chi connectivity index (χ0) is 8.72. The molecule has 64 valence electrons. The van der Waals surface area contributed by atoms with Gasteiger partial charge < -0.3 is 5.11 Å². The molecule has 1 aromatic rings. The van der Waals surface area contributed by atoms with Crippen LogP contribution < -0.4 is 0 Å². The van der Waals surface area contributed by atoms with Crippen molar-refractivity contribution in [3.8, 4) is 0 Å². The molecule has 1 aromatic heterocycles. The lowest BCUT2D eigenvalue weighted by Gasteiger charge is -1.98. The minimum atomic E-state index is -0.743. The van der Waals surface area contributed by atoms with E-state index in [2.05, 4.69) is 21.0 Å². The smallest absolute Gasteiger partial charge is 0.308 e. The molecule has 0 saturated carbocycles. The Balaban J connectivity index is 2.28.